The van der Waals surface area contributed by atoms with E-state index in [1.165, 1.54) is 6.07 Å². The summed E-state index contributed by atoms with van der Waals surface area (Å²) in [4.78, 5) is 22.5. The third kappa shape index (κ3) is 5.00. The summed E-state index contributed by atoms with van der Waals surface area (Å²) in [7, 11) is 0. The van der Waals surface area contributed by atoms with Crippen molar-refractivity contribution in [2.24, 2.45) is 0 Å². The first-order valence-corrected chi connectivity index (χ1v) is 10.7. The van der Waals surface area contributed by atoms with Crippen LogP contribution in [-0.4, -0.2) is 56.7 Å². The SMILES string of the molecule is N=C(c1cnc(C(=O)N2CCCCCC2)cc1NCC(F)(F)F)c1cnc2c(F)cc(F)cn12. The van der Waals surface area contributed by atoms with E-state index >= 15 is 0 Å². The number of pyridine rings is 2. The van der Waals surface area contributed by atoms with Crippen LogP contribution in [0.5, 0.6) is 0 Å². The molecular formula is C22H21F5N6O. The van der Waals surface area contributed by atoms with E-state index in [0.717, 1.165) is 48.7 Å². The standard InChI is InChI=1S/C22H21F5N6O/c23-13-7-15(24)20-30-10-18(33(20)11-13)19(28)14-9-29-17(8-16(14)31-12-22(25,26)27)21(34)32-5-3-1-2-4-6-32/h7-11,28H,1-6,12H2,(H,29,31). The van der Waals surface area contributed by atoms with Gasteiger partial charge in [-0.25, -0.2) is 13.8 Å². The third-order valence-corrected chi connectivity index (χ3v) is 5.55. The molecule has 0 unspecified atom stereocenters. The molecule has 0 spiro atoms. The lowest BCUT2D eigenvalue weighted by atomic mass is 10.1. The molecule has 2 N–H and O–H groups in total. The highest BCUT2D eigenvalue weighted by atomic mass is 19.4. The van der Waals surface area contributed by atoms with Gasteiger partial charge in [-0.15, -0.1) is 0 Å². The van der Waals surface area contributed by atoms with Crippen molar-refractivity contribution in [1.82, 2.24) is 19.3 Å². The number of carbonyl (C=O) groups excluding carboxylic acids is 1. The summed E-state index contributed by atoms with van der Waals surface area (Å²) >= 11 is 0. The number of anilines is 1. The minimum absolute atomic E-state index is 0.0571. The van der Waals surface area contributed by atoms with Crippen LogP contribution in [0.2, 0.25) is 0 Å². The second-order valence-corrected chi connectivity index (χ2v) is 8.01. The molecule has 1 aliphatic heterocycles. The van der Waals surface area contributed by atoms with Gasteiger partial charge in [0, 0.05) is 42.8 Å². The van der Waals surface area contributed by atoms with Crippen molar-refractivity contribution in [3.05, 3.63) is 59.3 Å². The third-order valence-electron chi connectivity index (χ3n) is 5.55. The van der Waals surface area contributed by atoms with E-state index in [0.29, 0.717) is 19.2 Å². The maximum atomic E-state index is 14.0. The van der Waals surface area contributed by atoms with Crippen LogP contribution in [0.25, 0.3) is 5.65 Å². The second-order valence-electron chi connectivity index (χ2n) is 8.01. The monoisotopic (exact) mass is 480 g/mol. The summed E-state index contributed by atoms with van der Waals surface area (Å²) in [6.07, 6.45) is 2.23. The van der Waals surface area contributed by atoms with Gasteiger partial charge in [-0.3, -0.25) is 19.6 Å². The molecule has 1 amide bonds. The van der Waals surface area contributed by atoms with Crippen LogP contribution in [-0.2, 0) is 0 Å². The van der Waals surface area contributed by atoms with Crippen molar-refractivity contribution in [3.63, 3.8) is 0 Å². The molecule has 0 aromatic carbocycles. The largest absolute Gasteiger partial charge is 0.405 e. The van der Waals surface area contributed by atoms with Gasteiger partial charge in [-0.1, -0.05) is 12.8 Å². The Kier molecular flexibility index (Phi) is 6.49. The highest BCUT2D eigenvalue weighted by Crippen LogP contribution is 2.25. The van der Waals surface area contributed by atoms with Gasteiger partial charge in [0.25, 0.3) is 5.91 Å². The molecular weight excluding hydrogens is 459 g/mol. The van der Waals surface area contributed by atoms with E-state index in [-0.39, 0.29) is 34.0 Å². The molecule has 0 saturated carbocycles. The van der Waals surface area contributed by atoms with Gasteiger partial charge in [0.15, 0.2) is 11.5 Å². The highest BCUT2D eigenvalue weighted by Gasteiger charge is 2.28. The van der Waals surface area contributed by atoms with E-state index in [9.17, 15) is 26.7 Å². The number of alkyl halides is 3. The summed E-state index contributed by atoms with van der Waals surface area (Å²) in [6, 6.07) is 1.81. The molecule has 1 fully saturated rings. The van der Waals surface area contributed by atoms with Crippen molar-refractivity contribution in [2.75, 3.05) is 25.0 Å². The smallest absolute Gasteiger partial charge is 0.376 e. The van der Waals surface area contributed by atoms with Crippen LogP contribution in [0.3, 0.4) is 0 Å². The normalized spacial score (nSPS) is 14.8. The number of aromatic nitrogens is 3. The van der Waals surface area contributed by atoms with Crippen LogP contribution >= 0.6 is 0 Å². The van der Waals surface area contributed by atoms with Crippen molar-refractivity contribution in [3.8, 4) is 0 Å². The van der Waals surface area contributed by atoms with Gasteiger partial charge in [0.05, 0.1) is 17.6 Å². The van der Waals surface area contributed by atoms with Crippen molar-refractivity contribution >= 4 is 23.0 Å². The lowest BCUT2D eigenvalue weighted by Gasteiger charge is -2.21. The number of nitrogens with one attached hydrogen (secondary N) is 2. The fourth-order valence-corrected chi connectivity index (χ4v) is 3.89. The van der Waals surface area contributed by atoms with E-state index in [2.05, 4.69) is 15.3 Å². The van der Waals surface area contributed by atoms with E-state index in [1.54, 1.807) is 4.90 Å². The number of halogens is 5. The second kappa shape index (κ2) is 9.35. The van der Waals surface area contributed by atoms with Gasteiger partial charge in [-0.05, 0) is 18.9 Å². The van der Waals surface area contributed by atoms with Crippen LogP contribution < -0.4 is 5.32 Å². The highest BCUT2D eigenvalue weighted by molar-refractivity contribution is 6.13. The van der Waals surface area contributed by atoms with Crippen molar-refractivity contribution in [2.45, 2.75) is 31.9 Å². The zero-order chi connectivity index (χ0) is 24.5. The van der Waals surface area contributed by atoms with Gasteiger partial charge in [0.2, 0.25) is 0 Å². The zero-order valence-corrected chi connectivity index (χ0v) is 17.9. The molecule has 0 aliphatic carbocycles. The van der Waals surface area contributed by atoms with Crippen LogP contribution in [0, 0.1) is 17.0 Å². The van der Waals surface area contributed by atoms with E-state index in [1.807, 2.05) is 0 Å². The topological polar surface area (TPSA) is 86.4 Å². The molecule has 4 rings (SSSR count). The van der Waals surface area contributed by atoms with Gasteiger partial charge < -0.3 is 10.2 Å². The number of rotatable bonds is 5. The molecule has 12 heteroatoms. The molecule has 34 heavy (non-hydrogen) atoms. The number of amides is 1. The average Bonchev–Trinajstić information content (AvgIpc) is 3.02. The Morgan fingerprint density at radius 3 is 2.44 bits per heavy atom. The lowest BCUT2D eigenvalue weighted by Crippen LogP contribution is -2.32. The number of carbonyl (C=O) groups is 1. The fourth-order valence-electron chi connectivity index (χ4n) is 3.89. The molecule has 0 radical (unpaired) electrons. The lowest BCUT2D eigenvalue weighted by molar-refractivity contribution is -0.115. The maximum Gasteiger partial charge on any atom is 0.405 e. The molecule has 0 bridgehead atoms. The number of nitrogens with zero attached hydrogens (tertiary/aromatic N) is 4. The van der Waals surface area contributed by atoms with Gasteiger partial charge in [-0.2, -0.15) is 13.2 Å². The van der Waals surface area contributed by atoms with Crippen LogP contribution in [0.4, 0.5) is 27.6 Å². The van der Waals surface area contributed by atoms with Crippen molar-refractivity contribution < 1.29 is 26.7 Å². The average molecular weight is 480 g/mol. The van der Waals surface area contributed by atoms with Crippen LogP contribution in [0.15, 0.2) is 30.7 Å². The van der Waals surface area contributed by atoms with E-state index < -0.39 is 30.3 Å². The number of imidazole rings is 1. The predicted molar refractivity (Wildman–Crippen MR) is 114 cm³/mol. The van der Waals surface area contributed by atoms with Crippen molar-refractivity contribution in [1.29, 1.82) is 5.41 Å². The molecule has 7 nitrogen and oxygen atoms in total. The fraction of sp³-hybridized carbons (Fsp3) is 0.364. The summed E-state index contributed by atoms with van der Waals surface area (Å²) < 4.78 is 67.6. The Balaban J connectivity index is 1.72. The van der Waals surface area contributed by atoms with Gasteiger partial charge >= 0.3 is 6.18 Å². The first-order chi connectivity index (χ1) is 16.1. The Hall–Kier alpha value is -3.57. The molecule has 4 heterocycles. The minimum atomic E-state index is -4.56. The zero-order valence-electron chi connectivity index (χ0n) is 17.9. The summed E-state index contributed by atoms with van der Waals surface area (Å²) in [5.41, 5.74) is -0.962. The Morgan fingerprint density at radius 2 is 1.76 bits per heavy atom. The molecule has 180 valence electrons. The number of hydrogen-bond acceptors (Lipinski definition) is 5. The van der Waals surface area contributed by atoms with Crippen LogP contribution in [0.1, 0.15) is 47.4 Å². The van der Waals surface area contributed by atoms with E-state index in [4.69, 9.17) is 5.41 Å². The Morgan fingerprint density at radius 1 is 1.06 bits per heavy atom. The molecule has 3 aromatic heterocycles. The maximum absolute atomic E-state index is 14.0. The Labute approximate surface area is 191 Å². The first kappa shape index (κ1) is 23.6. The molecule has 1 saturated heterocycles. The molecule has 3 aromatic rings. The summed E-state index contributed by atoms with van der Waals surface area (Å²) in [5, 5.41) is 10.7. The summed E-state index contributed by atoms with van der Waals surface area (Å²) in [5.74, 6) is -2.27. The molecule has 1 aliphatic rings. The number of hydrogen-bond donors (Lipinski definition) is 2. The Bertz CT molecular complexity index is 1230. The summed E-state index contributed by atoms with van der Waals surface area (Å²) in [6.45, 7) is -0.351. The number of fused-ring (bicyclic) bond motifs is 1. The predicted octanol–water partition coefficient (Wildman–Crippen LogP) is 4.41. The minimum Gasteiger partial charge on any atom is -0.376 e. The first-order valence-electron chi connectivity index (χ1n) is 10.7. The van der Waals surface area contributed by atoms with Gasteiger partial charge in [0.1, 0.15) is 18.1 Å². The quantitative estimate of drug-likeness (QED) is 0.418. The number of likely N-dealkylation sites (tertiary alicyclic amines) is 1. The molecule has 0 atom stereocenters.